The predicted octanol–water partition coefficient (Wildman–Crippen LogP) is 3.26. The van der Waals surface area contributed by atoms with Crippen molar-refractivity contribution in [1.29, 1.82) is 0 Å². The average Bonchev–Trinajstić information content (AvgIpc) is 3.22. The number of aromatic nitrogens is 4. The number of carbonyl (C=O) groups is 1. The van der Waals surface area contributed by atoms with Gasteiger partial charge < -0.3 is 14.5 Å². The Kier molecular flexibility index (Phi) is 5.54. The van der Waals surface area contributed by atoms with E-state index in [2.05, 4.69) is 10.1 Å². The molecule has 0 saturated carbocycles. The van der Waals surface area contributed by atoms with Crippen LogP contribution in [-0.4, -0.2) is 63.3 Å². The Morgan fingerprint density at radius 2 is 1.97 bits per heavy atom. The van der Waals surface area contributed by atoms with E-state index in [4.69, 9.17) is 21.3 Å². The number of ether oxygens (including phenoxy) is 1. The maximum atomic E-state index is 14.9. The molecule has 1 fully saturated rings. The number of likely N-dealkylation sites (N-methyl/N-ethyl adjacent to an activating group) is 1. The molecule has 1 saturated heterocycles. The third-order valence-electron chi connectivity index (χ3n) is 6.07. The fourth-order valence-corrected chi connectivity index (χ4v) is 4.56. The molecule has 10 heteroatoms. The van der Waals surface area contributed by atoms with Gasteiger partial charge in [0.05, 0.1) is 24.5 Å². The van der Waals surface area contributed by atoms with E-state index in [9.17, 15) is 9.18 Å². The number of anilines is 1. The quantitative estimate of drug-likeness (QED) is 0.585. The molecule has 8 nitrogen and oxygen atoms in total. The van der Waals surface area contributed by atoms with E-state index in [0.717, 1.165) is 5.56 Å². The number of halogens is 2. The van der Waals surface area contributed by atoms with Gasteiger partial charge in [0.1, 0.15) is 17.6 Å². The monoisotopic (exact) mass is 470 g/mol. The van der Waals surface area contributed by atoms with Crippen molar-refractivity contribution < 1.29 is 13.9 Å². The topological polar surface area (TPSA) is 76.4 Å². The van der Waals surface area contributed by atoms with Gasteiger partial charge in [0.15, 0.2) is 0 Å². The molecule has 0 bridgehead atoms. The van der Waals surface area contributed by atoms with Crippen LogP contribution in [0.5, 0.6) is 0 Å². The SMILES string of the molecule is C[C@H]1CN(c2nc3c(c(-c4ccc(Cl)cc4F)n2)CCN(C)C3=O)C[C@@H](c2cnn(C)c2)O1. The molecule has 4 heterocycles. The van der Waals surface area contributed by atoms with Gasteiger partial charge in [-0.2, -0.15) is 5.10 Å². The largest absolute Gasteiger partial charge is 0.367 e. The second-order valence-corrected chi connectivity index (χ2v) is 9.02. The smallest absolute Gasteiger partial charge is 0.272 e. The molecule has 172 valence electrons. The highest BCUT2D eigenvalue weighted by atomic mass is 35.5. The van der Waals surface area contributed by atoms with Crippen LogP contribution in [0.15, 0.2) is 30.6 Å². The summed E-state index contributed by atoms with van der Waals surface area (Å²) < 4.78 is 22.8. The minimum Gasteiger partial charge on any atom is -0.367 e. The van der Waals surface area contributed by atoms with Crippen molar-refractivity contribution in [2.24, 2.45) is 7.05 Å². The summed E-state index contributed by atoms with van der Waals surface area (Å²) in [5.41, 5.74) is 2.67. The molecule has 5 rings (SSSR count). The van der Waals surface area contributed by atoms with Crippen LogP contribution in [-0.2, 0) is 18.2 Å². The molecule has 3 aromatic rings. The Bertz CT molecular complexity index is 1230. The Balaban J connectivity index is 1.61. The molecule has 0 radical (unpaired) electrons. The zero-order valence-electron chi connectivity index (χ0n) is 18.6. The Hall–Kier alpha value is -3.04. The van der Waals surface area contributed by atoms with Gasteiger partial charge in [0, 0.05) is 55.1 Å². The van der Waals surface area contributed by atoms with Crippen LogP contribution in [0.4, 0.5) is 10.3 Å². The van der Waals surface area contributed by atoms with Crippen LogP contribution in [0.25, 0.3) is 11.3 Å². The molecule has 2 aliphatic rings. The fraction of sp³-hybridized carbons (Fsp3) is 0.391. The molecule has 0 N–H and O–H groups in total. The molecule has 0 spiro atoms. The number of amides is 1. The number of aryl methyl sites for hydroxylation is 1. The van der Waals surface area contributed by atoms with E-state index in [0.29, 0.717) is 59.5 Å². The first-order valence-electron chi connectivity index (χ1n) is 10.8. The summed E-state index contributed by atoms with van der Waals surface area (Å²) in [6.07, 6.45) is 3.92. The highest BCUT2D eigenvalue weighted by Gasteiger charge is 2.33. The van der Waals surface area contributed by atoms with Crippen molar-refractivity contribution in [2.75, 3.05) is 31.6 Å². The summed E-state index contributed by atoms with van der Waals surface area (Å²) in [5, 5.41) is 4.55. The lowest BCUT2D eigenvalue weighted by Gasteiger charge is -2.37. The first-order chi connectivity index (χ1) is 15.8. The standard InChI is InChI=1S/C23H24ClFN6O2/c1-13-10-31(12-19(33-13)14-9-26-30(3)11-14)23-27-20(16-5-4-15(24)8-18(16)25)17-6-7-29(2)22(32)21(17)28-23/h4-5,8-9,11,13,19H,6-7,10,12H2,1-3H3/t13-,19-/m0/s1. The summed E-state index contributed by atoms with van der Waals surface area (Å²) in [5.74, 6) is -0.296. The fourth-order valence-electron chi connectivity index (χ4n) is 4.40. The molecule has 0 aliphatic carbocycles. The van der Waals surface area contributed by atoms with Crippen LogP contribution in [0.1, 0.15) is 34.6 Å². The molecular weight excluding hydrogens is 447 g/mol. The second kappa shape index (κ2) is 8.39. The van der Waals surface area contributed by atoms with Crippen LogP contribution in [0.3, 0.4) is 0 Å². The summed E-state index contributed by atoms with van der Waals surface area (Å²) in [6, 6.07) is 4.49. The van der Waals surface area contributed by atoms with Gasteiger partial charge in [-0.25, -0.2) is 14.4 Å². The number of nitrogens with zero attached hydrogens (tertiary/aromatic N) is 6. The molecule has 2 aromatic heterocycles. The van der Waals surface area contributed by atoms with E-state index in [-0.39, 0.29) is 18.1 Å². The van der Waals surface area contributed by atoms with Crippen LogP contribution < -0.4 is 4.90 Å². The summed E-state index contributed by atoms with van der Waals surface area (Å²) >= 11 is 5.97. The average molecular weight is 471 g/mol. The number of hydrogen-bond donors (Lipinski definition) is 0. The second-order valence-electron chi connectivity index (χ2n) is 8.59. The van der Waals surface area contributed by atoms with Crippen molar-refractivity contribution in [3.05, 3.63) is 58.3 Å². The Morgan fingerprint density at radius 1 is 1.18 bits per heavy atom. The highest BCUT2D eigenvalue weighted by Crippen LogP contribution is 2.34. The minimum atomic E-state index is -0.482. The minimum absolute atomic E-state index is 0.0994. The number of morpholine rings is 1. The lowest BCUT2D eigenvalue weighted by molar-refractivity contribution is -0.0179. The lowest BCUT2D eigenvalue weighted by atomic mass is 9.98. The molecule has 1 amide bonds. The van der Waals surface area contributed by atoms with Crippen molar-refractivity contribution in [2.45, 2.75) is 25.6 Å². The van der Waals surface area contributed by atoms with Gasteiger partial charge in [-0.05, 0) is 31.5 Å². The van der Waals surface area contributed by atoms with Gasteiger partial charge in [0.2, 0.25) is 5.95 Å². The highest BCUT2D eigenvalue weighted by molar-refractivity contribution is 6.30. The number of carbonyl (C=O) groups excluding carboxylic acids is 1. The summed E-state index contributed by atoms with van der Waals surface area (Å²) in [4.78, 5) is 26.1. The van der Waals surface area contributed by atoms with Crippen LogP contribution >= 0.6 is 11.6 Å². The predicted molar refractivity (Wildman–Crippen MR) is 122 cm³/mol. The Morgan fingerprint density at radius 3 is 2.70 bits per heavy atom. The van der Waals surface area contributed by atoms with Crippen molar-refractivity contribution in [3.8, 4) is 11.3 Å². The number of rotatable bonds is 3. The third-order valence-corrected chi connectivity index (χ3v) is 6.30. The summed E-state index contributed by atoms with van der Waals surface area (Å²) in [7, 11) is 3.60. The first-order valence-corrected chi connectivity index (χ1v) is 11.2. The number of fused-ring (bicyclic) bond motifs is 1. The number of benzene rings is 1. The van der Waals surface area contributed by atoms with Crippen molar-refractivity contribution >= 4 is 23.5 Å². The molecule has 1 aromatic carbocycles. The molecule has 33 heavy (non-hydrogen) atoms. The van der Waals surface area contributed by atoms with Crippen molar-refractivity contribution in [1.82, 2.24) is 24.6 Å². The zero-order valence-corrected chi connectivity index (χ0v) is 19.4. The van der Waals surface area contributed by atoms with E-state index in [1.807, 2.05) is 25.1 Å². The molecule has 0 unspecified atom stereocenters. The maximum absolute atomic E-state index is 14.9. The van der Waals surface area contributed by atoms with Gasteiger partial charge in [-0.15, -0.1) is 0 Å². The van der Waals surface area contributed by atoms with Crippen molar-refractivity contribution in [3.63, 3.8) is 0 Å². The van der Waals surface area contributed by atoms with Gasteiger partial charge >= 0.3 is 0 Å². The molecule has 2 aliphatic heterocycles. The zero-order chi connectivity index (χ0) is 23.3. The van der Waals surface area contributed by atoms with Crippen LogP contribution in [0, 0.1) is 5.82 Å². The first kappa shape index (κ1) is 21.8. The van der Waals surface area contributed by atoms with Gasteiger partial charge in [-0.3, -0.25) is 9.48 Å². The molecule has 2 atom stereocenters. The Labute approximate surface area is 195 Å². The normalized spacial score (nSPS) is 20.8. The van der Waals surface area contributed by atoms with Gasteiger partial charge in [0.25, 0.3) is 5.91 Å². The van der Waals surface area contributed by atoms with Crippen LogP contribution in [0.2, 0.25) is 5.02 Å². The maximum Gasteiger partial charge on any atom is 0.272 e. The van der Waals surface area contributed by atoms with E-state index >= 15 is 0 Å². The molecular formula is C23H24ClFN6O2. The van der Waals surface area contributed by atoms with E-state index in [1.54, 1.807) is 35.0 Å². The lowest BCUT2D eigenvalue weighted by Crippen LogP contribution is -2.44. The summed E-state index contributed by atoms with van der Waals surface area (Å²) in [6.45, 7) is 3.53. The van der Waals surface area contributed by atoms with Gasteiger partial charge in [-0.1, -0.05) is 11.6 Å². The van der Waals surface area contributed by atoms with E-state index < -0.39 is 5.82 Å². The third kappa shape index (κ3) is 4.06. The number of hydrogen-bond acceptors (Lipinski definition) is 6. The van der Waals surface area contributed by atoms with E-state index in [1.165, 1.54) is 6.07 Å².